The van der Waals surface area contributed by atoms with E-state index in [0.29, 0.717) is 11.4 Å². The van der Waals surface area contributed by atoms with Crippen molar-refractivity contribution in [3.05, 3.63) is 54.0 Å². The van der Waals surface area contributed by atoms with Gasteiger partial charge in [-0.05, 0) is 42.8 Å². The summed E-state index contributed by atoms with van der Waals surface area (Å²) in [5.74, 6) is -0.135. The molecule has 3 nitrogen and oxygen atoms in total. The number of benzene rings is 1. The van der Waals surface area contributed by atoms with Gasteiger partial charge in [0.2, 0.25) is 0 Å². The first-order chi connectivity index (χ1) is 9.13. The summed E-state index contributed by atoms with van der Waals surface area (Å²) in [6, 6.07) is 9.48. The number of hydrogen-bond donors (Lipinski definition) is 1. The van der Waals surface area contributed by atoms with E-state index in [9.17, 15) is 9.50 Å². The monoisotopic (exact) mass is 254 g/mol. The first kappa shape index (κ1) is 11.6. The van der Waals surface area contributed by atoms with E-state index < -0.39 is 0 Å². The van der Waals surface area contributed by atoms with Crippen molar-refractivity contribution in [2.75, 3.05) is 0 Å². The van der Waals surface area contributed by atoms with Crippen molar-refractivity contribution in [3.8, 4) is 17.1 Å². The van der Waals surface area contributed by atoms with E-state index in [1.54, 1.807) is 18.2 Å². The molecule has 0 aliphatic heterocycles. The van der Waals surface area contributed by atoms with Crippen molar-refractivity contribution in [2.45, 2.75) is 6.92 Å². The lowest BCUT2D eigenvalue weighted by atomic mass is 10.1. The van der Waals surface area contributed by atoms with Crippen molar-refractivity contribution in [1.29, 1.82) is 0 Å². The normalized spacial score (nSPS) is 10.8. The summed E-state index contributed by atoms with van der Waals surface area (Å²) in [5.41, 5.74) is 2.83. The maximum atomic E-state index is 13.2. The molecule has 1 N–H and O–H groups in total. The van der Waals surface area contributed by atoms with Gasteiger partial charge in [-0.3, -0.25) is 4.98 Å². The van der Waals surface area contributed by atoms with Crippen molar-refractivity contribution in [3.63, 3.8) is 0 Å². The highest BCUT2D eigenvalue weighted by Crippen LogP contribution is 2.26. The van der Waals surface area contributed by atoms with Crippen LogP contribution in [0.5, 0.6) is 5.75 Å². The van der Waals surface area contributed by atoms with Gasteiger partial charge in [-0.25, -0.2) is 9.37 Å². The topological polar surface area (TPSA) is 46.0 Å². The predicted molar refractivity (Wildman–Crippen MR) is 71.3 cm³/mol. The first-order valence-corrected chi connectivity index (χ1v) is 5.86. The van der Waals surface area contributed by atoms with E-state index in [-0.39, 0.29) is 11.6 Å². The van der Waals surface area contributed by atoms with Crippen LogP contribution in [0.1, 0.15) is 5.56 Å². The Kier molecular flexibility index (Phi) is 2.63. The lowest BCUT2D eigenvalue weighted by Gasteiger charge is -2.06. The first-order valence-electron chi connectivity index (χ1n) is 5.86. The van der Waals surface area contributed by atoms with Gasteiger partial charge in [0.15, 0.2) is 0 Å². The summed E-state index contributed by atoms with van der Waals surface area (Å²) in [7, 11) is 0. The maximum Gasteiger partial charge on any atom is 0.126 e. The summed E-state index contributed by atoms with van der Waals surface area (Å²) in [4.78, 5) is 8.57. The predicted octanol–water partition coefficient (Wildman–Crippen LogP) is 3.45. The standard InChI is InChI=1S/C15H11FN2O/c1-9-6-15(14-7-10(16)4-5-17-14)18-13-3-2-11(19)8-12(9)13/h2-8,19H,1H3. The lowest BCUT2D eigenvalue weighted by Crippen LogP contribution is -1.91. The summed E-state index contributed by atoms with van der Waals surface area (Å²) in [6.07, 6.45) is 1.42. The molecule has 2 heterocycles. The number of hydrogen-bond acceptors (Lipinski definition) is 3. The number of aromatic hydroxyl groups is 1. The molecule has 0 amide bonds. The molecule has 4 heteroatoms. The smallest absolute Gasteiger partial charge is 0.126 e. The minimum absolute atomic E-state index is 0.203. The Morgan fingerprint density at radius 1 is 1.05 bits per heavy atom. The van der Waals surface area contributed by atoms with Crippen LogP contribution in [0.25, 0.3) is 22.3 Å². The molecule has 0 fully saturated rings. The van der Waals surface area contributed by atoms with Crippen molar-refractivity contribution >= 4 is 10.9 Å². The zero-order valence-corrected chi connectivity index (χ0v) is 10.3. The van der Waals surface area contributed by atoms with E-state index in [1.165, 1.54) is 18.3 Å². The third-order valence-corrected chi connectivity index (χ3v) is 2.98. The van der Waals surface area contributed by atoms with Crippen LogP contribution < -0.4 is 0 Å². The van der Waals surface area contributed by atoms with Gasteiger partial charge in [0, 0.05) is 17.6 Å². The van der Waals surface area contributed by atoms with E-state index in [4.69, 9.17) is 0 Å². The summed E-state index contributed by atoms with van der Waals surface area (Å²) in [5, 5.41) is 10.4. The minimum Gasteiger partial charge on any atom is -0.508 e. The second-order valence-corrected chi connectivity index (χ2v) is 4.39. The van der Waals surface area contributed by atoms with Gasteiger partial charge in [0.05, 0.1) is 16.9 Å². The van der Waals surface area contributed by atoms with Crippen molar-refractivity contribution < 1.29 is 9.50 Å². The second-order valence-electron chi connectivity index (χ2n) is 4.39. The van der Waals surface area contributed by atoms with Crippen LogP contribution in [0.2, 0.25) is 0 Å². The van der Waals surface area contributed by atoms with Gasteiger partial charge < -0.3 is 5.11 Å². The number of rotatable bonds is 1. The molecule has 3 rings (SSSR count). The van der Waals surface area contributed by atoms with E-state index >= 15 is 0 Å². The number of nitrogens with zero attached hydrogens (tertiary/aromatic N) is 2. The van der Waals surface area contributed by atoms with Crippen LogP contribution in [0, 0.1) is 12.7 Å². The van der Waals surface area contributed by atoms with Crippen LogP contribution in [0.3, 0.4) is 0 Å². The number of fused-ring (bicyclic) bond motifs is 1. The molecule has 0 radical (unpaired) electrons. The molecule has 1 aromatic carbocycles. The molecule has 0 unspecified atom stereocenters. The Morgan fingerprint density at radius 2 is 1.89 bits per heavy atom. The highest BCUT2D eigenvalue weighted by Gasteiger charge is 2.07. The number of halogens is 1. The van der Waals surface area contributed by atoms with Crippen molar-refractivity contribution in [1.82, 2.24) is 9.97 Å². The van der Waals surface area contributed by atoms with Gasteiger partial charge in [-0.15, -0.1) is 0 Å². The Hall–Kier alpha value is -2.49. The highest BCUT2D eigenvalue weighted by molar-refractivity contribution is 5.85. The highest BCUT2D eigenvalue weighted by atomic mass is 19.1. The van der Waals surface area contributed by atoms with E-state index in [2.05, 4.69) is 9.97 Å². The molecule has 0 saturated heterocycles. The van der Waals surface area contributed by atoms with Gasteiger partial charge >= 0.3 is 0 Å². The summed E-state index contributed by atoms with van der Waals surface area (Å²) < 4.78 is 13.2. The summed E-state index contributed by atoms with van der Waals surface area (Å²) >= 11 is 0. The minimum atomic E-state index is -0.338. The van der Waals surface area contributed by atoms with Crippen LogP contribution in [0.15, 0.2) is 42.6 Å². The van der Waals surface area contributed by atoms with Crippen LogP contribution >= 0.6 is 0 Å². The van der Waals surface area contributed by atoms with Crippen LogP contribution in [-0.4, -0.2) is 15.1 Å². The third-order valence-electron chi connectivity index (χ3n) is 2.98. The fourth-order valence-corrected chi connectivity index (χ4v) is 2.06. The SMILES string of the molecule is Cc1cc(-c2cc(F)ccn2)nc2ccc(O)cc12. The zero-order valence-electron chi connectivity index (χ0n) is 10.3. The Morgan fingerprint density at radius 3 is 2.68 bits per heavy atom. The van der Waals surface area contributed by atoms with Crippen molar-refractivity contribution in [2.24, 2.45) is 0 Å². The third kappa shape index (κ3) is 2.12. The number of pyridine rings is 2. The van der Waals surface area contributed by atoms with Crippen LogP contribution in [0.4, 0.5) is 4.39 Å². The maximum absolute atomic E-state index is 13.2. The summed E-state index contributed by atoms with van der Waals surface area (Å²) in [6.45, 7) is 1.92. The largest absolute Gasteiger partial charge is 0.508 e. The molecular formula is C15H11FN2O. The Bertz CT molecular complexity index is 771. The zero-order chi connectivity index (χ0) is 13.4. The molecule has 0 bridgehead atoms. The van der Waals surface area contributed by atoms with E-state index in [1.807, 2.05) is 13.0 Å². The molecular weight excluding hydrogens is 243 g/mol. The average molecular weight is 254 g/mol. The Labute approximate surface area is 109 Å². The average Bonchev–Trinajstić information content (AvgIpc) is 2.39. The van der Waals surface area contributed by atoms with Crippen LogP contribution in [-0.2, 0) is 0 Å². The molecule has 0 saturated carbocycles. The molecule has 94 valence electrons. The number of phenolic OH excluding ortho intramolecular Hbond substituents is 1. The second kappa shape index (κ2) is 4.31. The lowest BCUT2D eigenvalue weighted by molar-refractivity contribution is 0.476. The number of phenols is 1. The van der Waals surface area contributed by atoms with Gasteiger partial charge in [0.25, 0.3) is 0 Å². The molecule has 19 heavy (non-hydrogen) atoms. The van der Waals surface area contributed by atoms with Gasteiger partial charge in [-0.2, -0.15) is 0 Å². The fraction of sp³-hybridized carbons (Fsp3) is 0.0667. The Balaban J connectivity index is 2.24. The number of aromatic nitrogens is 2. The molecule has 3 aromatic rings. The van der Waals surface area contributed by atoms with Gasteiger partial charge in [-0.1, -0.05) is 0 Å². The molecule has 0 aliphatic rings. The molecule has 2 aromatic heterocycles. The van der Waals surface area contributed by atoms with E-state index in [0.717, 1.165) is 16.5 Å². The molecule has 0 spiro atoms. The molecule has 0 atom stereocenters. The number of aryl methyl sites for hydroxylation is 1. The quantitative estimate of drug-likeness (QED) is 0.723. The molecule has 0 aliphatic carbocycles. The fourth-order valence-electron chi connectivity index (χ4n) is 2.06. The van der Waals surface area contributed by atoms with Gasteiger partial charge in [0.1, 0.15) is 11.6 Å².